The molecule has 0 aliphatic rings. The van der Waals surface area contributed by atoms with Crippen molar-refractivity contribution in [1.29, 1.82) is 0 Å². The highest BCUT2D eigenvalue weighted by atomic mass is 79.9. The predicted octanol–water partition coefficient (Wildman–Crippen LogP) is 3.05. The van der Waals surface area contributed by atoms with Gasteiger partial charge in [0.15, 0.2) is 5.82 Å². The van der Waals surface area contributed by atoms with Gasteiger partial charge in [-0.05, 0) is 35.9 Å². The number of hydrogen-bond donors (Lipinski definition) is 0. The summed E-state index contributed by atoms with van der Waals surface area (Å²) in [6, 6.07) is 14.6. The Labute approximate surface area is 165 Å². The smallest absolute Gasteiger partial charge is 0.308 e. The number of hydrogen-bond acceptors (Lipinski definition) is 6. The summed E-state index contributed by atoms with van der Waals surface area (Å²) in [6.45, 7) is 1.34. The Balaban J connectivity index is 1.73. The van der Waals surface area contributed by atoms with Gasteiger partial charge < -0.3 is 4.74 Å². The van der Waals surface area contributed by atoms with Gasteiger partial charge in [0.05, 0.1) is 4.53 Å². The number of ether oxygens (including phenoxy) is 1. The molecule has 4 aromatic rings. The molecular formula is C19H12BrN3O3S. The maximum Gasteiger partial charge on any atom is 0.308 e. The van der Waals surface area contributed by atoms with Gasteiger partial charge in [-0.2, -0.15) is 9.50 Å². The molecule has 27 heavy (non-hydrogen) atoms. The topological polar surface area (TPSA) is 73.6 Å². The standard InChI is InChI=1S/C19H12BrN3O3S/c1-11(24)26-15-4-2-3-12(9-15)10-16-18(25)23-19(27-16)21-17(22-23)13-5-7-14(20)8-6-13/h2-10H,1H3/b16-10-. The second-order valence-corrected chi connectivity index (χ2v) is 7.64. The summed E-state index contributed by atoms with van der Waals surface area (Å²) < 4.78 is 7.85. The lowest BCUT2D eigenvalue weighted by atomic mass is 10.2. The van der Waals surface area contributed by atoms with Gasteiger partial charge in [-0.1, -0.05) is 51.5 Å². The zero-order valence-corrected chi connectivity index (χ0v) is 16.5. The van der Waals surface area contributed by atoms with E-state index in [0.29, 0.717) is 21.1 Å². The van der Waals surface area contributed by atoms with Crippen molar-refractivity contribution in [1.82, 2.24) is 14.6 Å². The lowest BCUT2D eigenvalue weighted by Gasteiger charge is -2.01. The van der Waals surface area contributed by atoms with Crippen LogP contribution >= 0.6 is 27.3 Å². The molecule has 0 saturated heterocycles. The average molecular weight is 442 g/mol. The van der Waals surface area contributed by atoms with Crippen molar-refractivity contribution in [3.05, 3.63) is 73.5 Å². The van der Waals surface area contributed by atoms with Crippen LogP contribution in [0.5, 0.6) is 5.75 Å². The Kier molecular flexibility index (Phi) is 4.59. The van der Waals surface area contributed by atoms with Crippen LogP contribution in [-0.2, 0) is 4.79 Å². The molecule has 0 saturated carbocycles. The first-order valence-electron chi connectivity index (χ1n) is 7.95. The van der Waals surface area contributed by atoms with Gasteiger partial charge in [0.25, 0.3) is 5.56 Å². The van der Waals surface area contributed by atoms with Crippen molar-refractivity contribution in [2.45, 2.75) is 6.92 Å². The van der Waals surface area contributed by atoms with Crippen LogP contribution in [0.4, 0.5) is 0 Å². The fourth-order valence-corrected chi connectivity index (χ4v) is 3.71. The largest absolute Gasteiger partial charge is 0.427 e. The molecule has 2 aromatic carbocycles. The minimum absolute atomic E-state index is 0.233. The monoisotopic (exact) mass is 441 g/mol. The van der Waals surface area contributed by atoms with Crippen LogP contribution in [0.3, 0.4) is 0 Å². The van der Waals surface area contributed by atoms with Crippen LogP contribution in [0.15, 0.2) is 57.8 Å². The third-order valence-corrected chi connectivity index (χ3v) is 5.19. The van der Waals surface area contributed by atoms with Crippen LogP contribution in [-0.4, -0.2) is 20.6 Å². The highest BCUT2D eigenvalue weighted by Gasteiger charge is 2.12. The Morgan fingerprint density at radius 2 is 2.00 bits per heavy atom. The molecule has 0 bridgehead atoms. The molecule has 134 valence electrons. The van der Waals surface area contributed by atoms with Gasteiger partial charge in [-0.15, -0.1) is 5.10 Å². The molecule has 0 unspecified atom stereocenters. The zero-order chi connectivity index (χ0) is 19.0. The number of halogens is 1. The van der Waals surface area contributed by atoms with Crippen LogP contribution in [0.2, 0.25) is 0 Å². The molecule has 2 heterocycles. The number of nitrogens with zero attached hydrogens (tertiary/aromatic N) is 3. The number of carbonyl (C=O) groups excluding carboxylic acids is 1. The van der Waals surface area contributed by atoms with E-state index in [2.05, 4.69) is 26.0 Å². The normalized spacial score (nSPS) is 11.9. The second kappa shape index (κ2) is 7.05. The van der Waals surface area contributed by atoms with E-state index >= 15 is 0 Å². The number of aromatic nitrogens is 3. The Morgan fingerprint density at radius 3 is 2.70 bits per heavy atom. The molecule has 0 N–H and O–H groups in total. The van der Waals surface area contributed by atoms with Crippen LogP contribution in [0, 0.1) is 0 Å². The van der Waals surface area contributed by atoms with Crippen molar-refractivity contribution >= 4 is 44.3 Å². The summed E-state index contributed by atoms with van der Waals surface area (Å²) in [5.74, 6) is 0.547. The van der Waals surface area contributed by atoms with Crippen molar-refractivity contribution in [2.75, 3.05) is 0 Å². The molecular weight excluding hydrogens is 430 g/mol. The first kappa shape index (κ1) is 17.6. The Bertz CT molecular complexity index is 1260. The van der Waals surface area contributed by atoms with E-state index in [9.17, 15) is 9.59 Å². The van der Waals surface area contributed by atoms with Crippen molar-refractivity contribution < 1.29 is 9.53 Å². The quantitative estimate of drug-likeness (QED) is 0.360. The molecule has 0 amide bonds. The van der Waals surface area contributed by atoms with Crippen LogP contribution in [0.1, 0.15) is 12.5 Å². The summed E-state index contributed by atoms with van der Waals surface area (Å²) in [5.41, 5.74) is 1.36. The number of thiazole rings is 1. The SMILES string of the molecule is CC(=O)Oc1cccc(/C=c2\sc3nc(-c4ccc(Br)cc4)nn3c2=O)c1. The molecule has 6 nitrogen and oxygen atoms in total. The minimum atomic E-state index is -0.393. The van der Waals surface area contributed by atoms with Gasteiger partial charge in [0.1, 0.15) is 5.75 Å². The maximum absolute atomic E-state index is 12.6. The lowest BCUT2D eigenvalue weighted by molar-refractivity contribution is -0.131. The predicted molar refractivity (Wildman–Crippen MR) is 107 cm³/mol. The third-order valence-electron chi connectivity index (χ3n) is 3.70. The zero-order valence-electron chi connectivity index (χ0n) is 14.0. The third kappa shape index (κ3) is 3.67. The van der Waals surface area contributed by atoms with E-state index in [0.717, 1.165) is 15.6 Å². The average Bonchev–Trinajstić information content (AvgIpc) is 3.16. The number of carbonyl (C=O) groups is 1. The van der Waals surface area contributed by atoms with E-state index in [1.165, 1.54) is 22.8 Å². The number of benzene rings is 2. The molecule has 2 aromatic heterocycles. The summed E-state index contributed by atoms with van der Waals surface area (Å²) in [7, 11) is 0. The summed E-state index contributed by atoms with van der Waals surface area (Å²) in [5, 5.41) is 4.33. The van der Waals surface area contributed by atoms with Gasteiger partial charge >= 0.3 is 5.97 Å². The highest BCUT2D eigenvalue weighted by molar-refractivity contribution is 9.10. The first-order chi connectivity index (χ1) is 13.0. The number of rotatable bonds is 3. The van der Waals surface area contributed by atoms with Gasteiger partial charge in [-0.25, -0.2) is 0 Å². The van der Waals surface area contributed by atoms with Crippen LogP contribution < -0.4 is 14.8 Å². The summed E-state index contributed by atoms with van der Waals surface area (Å²) in [6.07, 6.45) is 1.73. The number of esters is 1. The van der Waals surface area contributed by atoms with E-state index in [4.69, 9.17) is 4.74 Å². The highest BCUT2D eigenvalue weighted by Crippen LogP contribution is 2.19. The first-order valence-corrected chi connectivity index (χ1v) is 9.56. The Hall–Kier alpha value is -2.84. The van der Waals surface area contributed by atoms with Crippen molar-refractivity contribution in [2.24, 2.45) is 0 Å². The molecule has 0 aliphatic heterocycles. The summed E-state index contributed by atoms with van der Waals surface area (Å²) in [4.78, 5) is 28.7. The molecule has 8 heteroatoms. The van der Waals surface area contributed by atoms with Crippen LogP contribution in [0.25, 0.3) is 22.4 Å². The van der Waals surface area contributed by atoms with Gasteiger partial charge in [0, 0.05) is 17.0 Å². The van der Waals surface area contributed by atoms with Gasteiger partial charge in [0.2, 0.25) is 4.96 Å². The molecule has 0 atom stereocenters. The lowest BCUT2D eigenvalue weighted by Crippen LogP contribution is -2.23. The van der Waals surface area contributed by atoms with Crippen molar-refractivity contribution in [3.63, 3.8) is 0 Å². The van der Waals surface area contributed by atoms with E-state index < -0.39 is 5.97 Å². The molecule has 0 radical (unpaired) electrons. The minimum Gasteiger partial charge on any atom is -0.427 e. The number of fused-ring (bicyclic) bond motifs is 1. The molecule has 0 aliphatic carbocycles. The second-order valence-electron chi connectivity index (χ2n) is 5.72. The molecule has 0 spiro atoms. The fraction of sp³-hybridized carbons (Fsp3) is 0.0526. The van der Waals surface area contributed by atoms with Crippen molar-refractivity contribution in [3.8, 4) is 17.1 Å². The molecule has 4 rings (SSSR count). The van der Waals surface area contributed by atoms with E-state index in [1.807, 2.05) is 30.3 Å². The molecule has 0 fully saturated rings. The maximum atomic E-state index is 12.6. The summed E-state index contributed by atoms with van der Waals surface area (Å²) >= 11 is 4.65. The van der Waals surface area contributed by atoms with Gasteiger partial charge in [-0.3, -0.25) is 9.59 Å². The Morgan fingerprint density at radius 1 is 1.22 bits per heavy atom. The fourth-order valence-electron chi connectivity index (χ4n) is 2.54. The van der Waals surface area contributed by atoms with E-state index in [1.54, 1.807) is 24.3 Å². The van der Waals surface area contributed by atoms with E-state index in [-0.39, 0.29) is 5.56 Å².